The van der Waals surface area contributed by atoms with Gasteiger partial charge >= 0.3 is 5.97 Å². The summed E-state index contributed by atoms with van der Waals surface area (Å²) in [5.41, 5.74) is 2.04. The maximum absolute atomic E-state index is 10.8. The van der Waals surface area contributed by atoms with Crippen LogP contribution in [0.1, 0.15) is 32.3 Å². The fourth-order valence-corrected chi connectivity index (χ4v) is 1.70. The number of hydrogen-bond donors (Lipinski definition) is 0. The number of rotatable bonds is 5. The molecule has 3 heteroatoms. The number of esters is 1. The monoisotopic (exact) mass is 252 g/mol. The summed E-state index contributed by atoms with van der Waals surface area (Å²) in [6.45, 7) is 3.85. The molecule has 0 aliphatic carbocycles. The number of ether oxygens (including phenoxy) is 1. The summed E-state index contributed by atoms with van der Waals surface area (Å²) < 4.78 is 5.02. The predicted octanol–water partition coefficient (Wildman–Crippen LogP) is 4.09. The molecule has 0 heterocycles. The minimum Gasteiger partial charge on any atom is -0.461 e. The predicted molar refractivity (Wildman–Crippen MR) is 71.0 cm³/mol. The SMILES string of the molecule is CCCC(=Cc1ccccc1Cl)COC(C)=O. The Morgan fingerprint density at radius 2 is 2.12 bits per heavy atom. The summed E-state index contributed by atoms with van der Waals surface area (Å²) in [5, 5.41) is 0.712. The molecule has 0 fully saturated rings. The Balaban J connectivity index is 2.82. The van der Waals surface area contributed by atoms with Gasteiger partial charge < -0.3 is 4.74 Å². The van der Waals surface area contributed by atoms with E-state index in [1.807, 2.05) is 30.3 Å². The van der Waals surface area contributed by atoms with E-state index in [2.05, 4.69) is 6.92 Å². The quantitative estimate of drug-likeness (QED) is 0.738. The zero-order valence-corrected chi connectivity index (χ0v) is 11.0. The Labute approximate surface area is 107 Å². The molecule has 0 atom stereocenters. The molecule has 0 amide bonds. The second-order valence-electron chi connectivity index (χ2n) is 3.85. The van der Waals surface area contributed by atoms with Crippen LogP contribution in [0.2, 0.25) is 5.02 Å². The molecule has 0 radical (unpaired) electrons. The first kappa shape index (κ1) is 13.8. The van der Waals surface area contributed by atoms with Gasteiger partial charge in [-0.1, -0.05) is 49.2 Å². The molecule has 0 saturated carbocycles. The summed E-state index contributed by atoms with van der Waals surface area (Å²) >= 11 is 6.08. The third-order valence-electron chi connectivity index (χ3n) is 2.30. The molecule has 0 saturated heterocycles. The molecule has 17 heavy (non-hydrogen) atoms. The maximum Gasteiger partial charge on any atom is 0.302 e. The van der Waals surface area contributed by atoms with Crippen molar-refractivity contribution in [2.45, 2.75) is 26.7 Å². The van der Waals surface area contributed by atoms with Gasteiger partial charge in [-0.15, -0.1) is 0 Å². The van der Waals surface area contributed by atoms with Gasteiger partial charge in [-0.05, 0) is 23.6 Å². The molecule has 1 rings (SSSR count). The molecule has 0 bridgehead atoms. The van der Waals surface area contributed by atoms with E-state index in [0.29, 0.717) is 11.6 Å². The lowest BCUT2D eigenvalue weighted by molar-refractivity contribution is -0.140. The zero-order valence-electron chi connectivity index (χ0n) is 10.2. The third-order valence-corrected chi connectivity index (χ3v) is 2.64. The number of benzene rings is 1. The van der Waals surface area contributed by atoms with Crippen LogP contribution in [0, 0.1) is 0 Å². The van der Waals surface area contributed by atoms with Gasteiger partial charge in [-0.2, -0.15) is 0 Å². The number of hydrogen-bond acceptors (Lipinski definition) is 2. The molecule has 0 aromatic heterocycles. The molecule has 2 nitrogen and oxygen atoms in total. The van der Waals surface area contributed by atoms with Gasteiger partial charge in [-0.3, -0.25) is 4.79 Å². The van der Waals surface area contributed by atoms with Crippen LogP contribution < -0.4 is 0 Å². The van der Waals surface area contributed by atoms with Crippen LogP contribution in [0.25, 0.3) is 6.08 Å². The van der Waals surface area contributed by atoms with E-state index in [4.69, 9.17) is 16.3 Å². The van der Waals surface area contributed by atoms with E-state index >= 15 is 0 Å². The Hall–Kier alpha value is -1.28. The highest BCUT2D eigenvalue weighted by atomic mass is 35.5. The van der Waals surface area contributed by atoms with E-state index in [1.54, 1.807) is 0 Å². The third kappa shape index (κ3) is 5.05. The Bertz CT molecular complexity index is 410. The summed E-state index contributed by atoms with van der Waals surface area (Å²) in [6.07, 6.45) is 3.91. The van der Waals surface area contributed by atoms with Crippen LogP contribution in [0.5, 0.6) is 0 Å². The van der Waals surface area contributed by atoms with Crippen LogP contribution >= 0.6 is 11.6 Å². The first-order valence-corrected chi connectivity index (χ1v) is 6.08. The van der Waals surface area contributed by atoms with E-state index < -0.39 is 0 Å². The van der Waals surface area contributed by atoms with Crippen molar-refractivity contribution < 1.29 is 9.53 Å². The van der Waals surface area contributed by atoms with Gasteiger partial charge in [-0.25, -0.2) is 0 Å². The van der Waals surface area contributed by atoms with Gasteiger partial charge in [0, 0.05) is 11.9 Å². The molecule has 0 aliphatic heterocycles. The highest BCUT2D eigenvalue weighted by molar-refractivity contribution is 6.32. The molecule has 1 aromatic carbocycles. The molecule has 1 aromatic rings. The minimum absolute atomic E-state index is 0.258. The molecular formula is C14H17ClO2. The van der Waals surface area contributed by atoms with E-state index in [9.17, 15) is 4.79 Å². The maximum atomic E-state index is 10.8. The zero-order chi connectivity index (χ0) is 12.7. The van der Waals surface area contributed by atoms with Gasteiger partial charge in [0.05, 0.1) is 0 Å². The van der Waals surface area contributed by atoms with Gasteiger partial charge in [0.1, 0.15) is 6.61 Å². The van der Waals surface area contributed by atoms with E-state index in [1.165, 1.54) is 6.92 Å². The van der Waals surface area contributed by atoms with Crippen molar-refractivity contribution >= 4 is 23.6 Å². The van der Waals surface area contributed by atoms with Crippen molar-refractivity contribution in [3.63, 3.8) is 0 Å². The fourth-order valence-electron chi connectivity index (χ4n) is 1.51. The number of halogens is 1. The molecule has 0 N–H and O–H groups in total. The lowest BCUT2D eigenvalue weighted by Gasteiger charge is -2.07. The fraction of sp³-hybridized carbons (Fsp3) is 0.357. The number of carbonyl (C=O) groups is 1. The standard InChI is InChI=1S/C14H17ClO2/c1-3-6-12(10-17-11(2)16)9-13-7-4-5-8-14(13)15/h4-5,7-9H,3,6,10H2,1-2H3. The Kier molecular flexibility index (Phi) is 5.78. The summed E-state index contributed by atoms with van der Waals surface area (Å²) in [4.78, 5) is 10.8. The minimum atomic E-state index is -0.258. The van der Waals surface area contributed by atoms with Crippen LogP contribution in [-0.2, 0) is 9.53 Å². The Morgan fingerprint density at radius 3 is 2.71 bits per heavy atom. The van der Waals surface area contributed by atoms with Crippen LogP contribution in [0.3, 0.4) is 0 Å². The van der Waals surface area contributed by atoms with Crippen molar-refractivity contribution in [3.05, 3.63) is 40.4 Å². The van der Waals surface area contributed by atoms with Crippen LogP contribution in [0.15, 0.2) is 29.8 Å². The lowest BCUT2D eigenvalue weighted by Crippen LogP contribution is -2.03. The van der Waals surface area contributed by atoms with Gasteiger partial charge in [0.2, 0.25) is 0 Å². The summed E-state index contributed by atoms with van der Waals surface area (Å²) in [5.74, 6) is -0.258. The average Bonchev–Trinajstić information content (AvgIpc) is 2.29. The van der Waals surface area contributed by atoms with Crippen molar-refractivity contribution in [3.8, 4) is 0 Å². The van der Waals surface area contributed by atoms with E-state index in [0.717, 1.165) is 24.0 Å². The summed E-state index contributed by atoms with van der Waals surface area (Å²) in [7, 11) is 0. The molecule has 0 spiro atoms. The molecule has 0 unspecified atom stereocenters. The Morgan fingerprint density at radius 1 is 1.41 bits per heavy atom. The van der Waals surface area contributed by atoms with Crippen molar-refractivity contribution in [2.75, 3.05) is 6.61 Å². The molecular weight excluding hydrogens is 236 g/mol. The topological polar surface area (TPSA) is 26.3 Å². The second kappa shape index (κ2) is 7.13. The van der Waals surface area contributed by atoms with Crippen molar-refractivity contribution in [1.29, 1.82) is 0 Å². The second-order valence-corrected chi connectivity index (χ2v) is 4.26. The molecule has 92 valence electrons. The van der Waals surface area contributed by atoms with Crippen LogP contribution in [0.4, 0.5) is 0 Å². The largest absolute Gasteiger partial charge is 0.461 e. The number of carbonyl (C=O) groups excluding carboxylic acids is 1. The van der Waals surface area contributed by atoms with Crippen LogP contribution in [-0.4, -0.2) is 12.6 Å². The van der Waals surface area contributed by atoms with E-state index in [-0.39, 0.29) is 5.97 Å². The highest BCUT2D eigenvalue weighted by Gasteiger charge is 2.02. The average molecular weight is 253 g/mol. The van der Waals surface area contributed by atoms with Gasteiger partial charge in [0.25, 0.3) is 0 Å². The first-order valence-electron chi connectivity index (χ1n) is 5.70. The van der Waals surface area contributed by atoms with Crippen molar-refractivity contribution in [2.24, 2.45) is 0 Å². The highest BCUT2D eigenvalue weighted by Crippen LogP contribution is 2.20. The smallest absolute Gasteiger partial charge is 0.302 e. The van der Waals surface area contributed by atoms with Crippen molar-refractivity contribution in [1.82, 2.24) is 0 Å². The lowest BCUT2D eigenvalue weighted by atomic mass is 10.1. The normalized spacial score (nSPS) is 11.4. The van der Waals surface area contributed by atoms with Gasteiger partial charge in [0.15, 0.2) is 0 Å². The summed E-state index contributed by atoms with van der Waals surface area (Å²) in [6, 6.07) is 7.63. The molecule has 0 aliphatic rings. The first-order chi connectivity index (χ1) is 8.13.